The highest BCUT2D eigenvalue weighted by Crippen LogP contribution is 2.20. The lowest BCUT2D eigenvalue weighted by Crippen LogP contribution is -2.20. The molecule has 3 rings (SSSR count). The normalized spacial score (nSPS) is 11.1. The maximum absolute atomic E-state index is 12.2. The molecule has 3 aromatic rings. The number of carbonyl (C=O) groups is 1. The molecule has 0 aliphatic rings. The van der Waals surface area contributed by atoms with Crippen molar-refractivity contribution in [3.63, 3.8) is 0 Å². The van der Waals surface area contributed by atoms with E-state index in [1.54, 1.807) is 32.4 Å². The van der Waals surface area contributed by atoms with Crippen LogP contribution in [0.15, 0.2) is 23.0 Å². The smallest absolute Gasteiger partial charge is 0.279 e. The first kappa shape index (κ1) is 11.4. The molecule has 2 aromatic heterocycles. The van der Waals surface area contributed by atoms with Crippen LogP contribution in [0.1, 0.15) is 10.5 Å². The maximum Gasteiger partial charge on any atom is 0.279 e. The zero-order valence-electron chi connectivity index (χ0n) is 10.3. The third-order valence-corrected chi connectivity index (χ3v) is 3.09. The Morgan fingerprint density at radius 2 is 2.11 bits per heavy atom. The number of hydrogen-bond donors (Lipinski definition) is 0. The number of benzene rings is 1. The number of fused-ring (bicyclic) bond motifs is 3. The van der Waals surface area contributed by atoms with Gasteiger partial charge in [-0.05, 0) is 12.1 Å². The minimum atomic E-state index is -0.326. The van der Waals surface area contributed by atoms with Gasteiger partial charge in [0.15, 0.2) is 17.5 Å². The van der Waals surface area contributed by atoms with Crippen molar-refractivity contribution < 1.29 is 9.53 Å². The van der Waals surface area contributed by atoms with Crippen LogP contribution in [0.25, 0.3) is 16.6 Å². The first-order valence-electron chi connectivity index (χ1n) is 5.54. The van der Waals surface area contributed by atoms with E-state index in [0.29, 0.717) is 23.1 Å². The Bertz CT molecular complexity index is 863. The largest absolute Gasteiger partial charge is 0.497 e. The third-order valence-electron chi connectivity index (χ3n) is 3.09. The van der Waals surface area contributed by atoms with E-state index < -0.39 is 0 Å². The number of carbonyl (C=O) groups excluding carboxylic acids is 1. The number of methoxy groups -OCH3 is 1. The standard InChI is InChI=1S/C12H10N4O3/c1-15-10-5-7(19-2)3-4-9(10)16-11(12(15)18)8(6-17)13-14-16/h3-6H,1-2H3. The number of aryl methyl sites for hydroxylation is 1. The Balaban J connectivity index is 2.59. The number of rotatable bonds is 2. The van der Waals surface area contributed by atoms with Crippen LogP contribution in [0.3, 0.4) is 0 Å². The van der Waals surface area contributed by atoms with Crippen LogP contribution in [0.2, 0.25) is 0 Å². The SMILES string of the molecule is COc1ccc2c(c1)n(C)c(=O)c1c(C=O)nnn12. The van der Waals surface area contributed by atoms with Gasteiger partial charge in [-0.2, -0.15) is 0 Å². The molecule has 0 amide bonds. The van der Waals surface area contributed by atoms with Gasteiger partial charge in [0, 0.05) is 13.1 Å². The molecule has 0 atom stereocenters. The van der Waals surface area contributed by atoms with Gasteiger partial charge in [0.1, 0.15) is 5.75 Å². The summed E-state index contributed by atoms with van der Waals surface area (Å²) >= 11 is 0. The summed E-state index contributed by atoms with van der Waals surface area (Å²) in [6.45, 7) is 0. The second-order valence-electron chi connectivity index (χ2n) is 4.07. The second-order valence-corrected chi connectivity index (χ2v) is 4.07. The minimum Gasteiger partial charge on any atom is -0.497 e. The Morgan fingerprint density at radius 3 is 2.79 bits per heavy atom. The van der Waals surface area contributed by atoms with Gasteiger partial charge in [-0.25, -0.2) is 4.52 Å². The lowest BCUT2D eigenvalue weighted by atomic mass is 10.2. The Hall–Kier alpha value is -2.70. The van der Waals surface area contributed by atoms with E-state index in [-0.39, 0.29) is 16.8 Å². The average molecular weight is 258 g/mol. The van der Waals surface area contributed by atoms with Gasteiger partial charge in [0.2, 0.25) is 0 Å². The van der Waals surface area contributed by atoms with E-state index in [0.717, 1.165) is 0 Å². The Labute approximate surface area is 107 Å². The maximum atomic E-state index is 12.2. The van der Waals surface area contributed by atoms with Gasteiger partial charge in [-0.15, -0.1) is 5.10 Å². The molecule has 19 heavy (non-hydrogen) atoms. The molecular weight excluding hydrogens is 248 g/mol. The molecular formula is C12H10N4O3. The molecule has 7 nitrogen and oxygen atoms in total. The number of aromatic nitrogens is 4. The second kappa shape index (κ2) is 3.91. The van der Waals surface area contributed by atoms with Crippen LogP contribution in [-0.2, 0) is 7.05 Å². The van der Waals surface area contributed by atoms with Crippen molar-refractivity contribution in [3.05, 3.63) is 34.2 Å². The number of ether oxygens (including phenoxy) is 1. The number of aldehydes is 1. The summed E-state index contributed by atoms with van der Waals surface area (Å²) < 4.78 is 7.96. The van der Waals surface area contributed by atoms with Crippen molar-refractivity contribution in [2.24, 2.45) is 7.05 Å². The Morgan fingerprint density at radius 1 is 1.32 bits per heavy atom. The molecule has 0 spiro atoms. The van der Waals surface area contributed by atoms with Gasteiger partial charge in [-0.1, -0.05) is 5.21 Å². The average Bonchev–Trinajstić information content (AvgIpc) is 2.88. The van der Waals surface area contributed by atoms with E-state index >= 15 is 0 Å². The van der Waals surface area contributed by atoms with Crippen LogP contribution in [0.4, 0.5) is 0 Å². The lowest BCUT2D eigenvalue weighted by Gasteiger charge is -2.08. The molecule has 2 heterocycles. The summed E-state index contributed by atoms with van der Waals surface area (Å²) in [5.74, 6) is 0.637. The summed E-state index contributed by atoms with van der Waals surface area (Å²) in [7, 11) is 3.18. The van der Waals surface area contributed by atoms with Crippen molar-refractivity contribution in [1.29, 1.82) is 0 Å². The molecule has 0 bridgehead atoms. The van der Waals surface area contributed by atoms with Crippen molar-refractivity contribution in [3.8, 4) is 5.75 Å². The predicted molar refractivity (Wildman–Crippen MR) is 67.7 cm³/mol. The van der Waals surface area contributed by atoms with Crippen molar-refractivity contribution >= 4 is 22.8 Å². The number of hydrogen-bond acceptors (Lipinski definition) is 5. The molecule has 1 aromatic carbocycles. The lowest BCUT2D eigenvalue weighted by molar-refractivity contribution is 0.112. The van der Waals surface area contributed by atoms with Crippen LogP contribution in [0, 0.1) is 0 Å². The van der Waals surface area contributed by atoms with E-state index in [9.17, 15) is 9.59 Å². The number of nitrogens with zero attached hydrogens (tertiary/aromatic N) is 4. The van der Waals surface area contributed by atoms with Crippen LogP contribution >= 0.6 is 0 Å². The van der Waals surface area contributed by atoms with Gasteiger partial charge >= 0.3 is 0 Å². The molecule has 96 valence electrons. The zero-order chi connectivity index (χ0) is 13.6. The van der Waals surface area contributed by atoms with Gasteiger partial charge in [0.25, 0.3) is 5.56 Å². The fourth-order valence-corrected chi connectivity index (χ4v) is 2.09. The van der Waals surface area contributed by atoms with Crippen LogP contribution in [0.5, 0.6) is 5.75 Å². The van der Waals surface area contributed by atoms with E-state index in [4.69, 9.17) is 4.74 Å². The molecule has 0 fully saturated rings. The predicted octanol–water partition coefficient (Wildman–Crippen LogP) is 0.402. The minimum absolute atomic E-state index is 0.0401. The summed E-state index contributed by atoms with van der Waals surface area (Å²) in [6.07, 6.45) is 0.527. The fourth-order valence-electron chi connectivity index (χ4n) is 2.09. The van der Waals surface area contributed by atoms with Crippen molar-refractivity contribution in [2.45, 2.75) is 0 Å². The highest BCUT2D eigenvalue weighted by molar-refractivity contribution is 5.87. The first-order valence-corrected chi connectivity index (χ1v) is 5.54. The topological polar surface area (TPSA) is 78.5 Å². The monoisotopic (exact) mass is 258 g/mol. The van der Waals surface area contributed by atoms with E-state index in [1.807, 2.05) is 0 Å². The van der Waals surface area contributed by atoms with Crippen LogP contribution in [-0.4, -0.2) is 32.8 Å². The van der Waals surface area contributed by atoms with E-state index in [1.165, 1.54) is 9.08 Å². The highest BCUT2D eigenvalue weighted by Gasteiger charge is 2.15. The van der Waals surface area contributed by atoms with Crippen molar-refractivity contribution in [1.82, 2.24) is 19.4 Å². The van der Waals surface area contributed by atoms with Crippen molar-refractivity contribution in [2.75, 3.05) is 7.11 Å². The Kier molecular flexibility index (Phi) is 2.34. The van der Waals surface area contributed by atoms with Gasteiger partial charge in [-0.3, -0.25) is 9.59 Å². The molecule has 0 unspecified atom stereocenters. The van der Waals surface area contributed by atoms with E-state index in [2.05, 4.69) is 10.3 Å². The third kappa shape index (κ3) is 1.44. The highest BCUT2D eigenvalue weighted by atomic mass is 16.5. The quantitative estimate of drug-likeness (QED) is 0.622. The molecule has 0 aliphatic heterocycles. The molecule has 7 heteroatoms. The molecule has 0 radical (unpaired) electrons. The molecule has 0 saturated carbocycles. The molecule has 0 N–H and O–H groups in total. The van der Waals surface area contributed by atoms with Crippen LogP contribution < -0.4 is 10.3 Å². The van der Waals surface area contributed by atoms with Gasteiger partial charge < -0.3 is 9.30 Å². The summed E-state index contributed by atoms with van der Waals surface area (Å²) in [6, 6.07) is 5.26. The summed E-state index contributed by atoms with van der Waals surface area (Å²) in [5, 5.41) is 7.57. The fraction of sp³-hybridized carbons (Fsp3) is 0.167. The summed E-state index contributed by atoms with van der Waals surface area (Å²) in [4.78, 5) is 23.1. The molecule has 0 aliphatic carbocycles. The van der Waals surface area contributed by atoms with Gasteiger partial charge in [0.05, 0.1) is 18.1 Å². The molecule has 0 saturated heterocycles. The summed E-state index contributed by atoms with van der Waals surface area (Å²) in [5.41, 5.74) is 1.22. The first-order chi connectivity index (χ1) is 9.17. The zero-order valence-corrected chi connectivity index (χ0v) is 10.3.